The maximum atomic E-state index is 11.9. The van der Waals surface area contributed by atoms with E-state index in [9.17, 15) is 4.79 Å². The second kappa shape index (κ2) is 4.91. The molecule has 100 valence electrons. The summed E-state index contributed by atoms with van der Waals surface area (Å²) in [4.78, 5) is 11.9. The molecule has 0 aromatic rings. The van der Waals surface area contributed by atoms with Crippen LogP contribution in [-0.4, -0.2) is 13.1 Å². The molecule has 0 heterocycles. The molecule has 0 bridgehead atoms. The van der Waals surface area contributed by atoms with Crippen molar-refractivity contribution in [2.45, 2.75) is 46.0 Å². The van der Waals surface area contributed by atoms with Crippen LogP contribution >= 0.6 is 0 Å². The van der Waals surface area contributed by atoms with Crippen LogP contribution in [0.1, 0.15) is 46.0 Å². The van der Waals surface area contributed by atoms with Gasteiger partial charge in [-0.2, -0.15) is 0 Å². The van der Waals surface area contributed by atoms with Crippen LogP contribution in [0.2, 0.25) is 0 Å². The van der Waals surface area contributed by atoms with Gasteiger partial charge in [0.1, 0.15) is 0 Å². The minimum Gasteiger partial charge on any atom is -0.466 e. The van der Waals surface area contributed by atoms with Gasteiger partial charge in [-0.25, -0.2) is 4.79 Å². The fraction of sp³-hybridized carbons (Fsp3) is 0.688. The number of allylic oxidation sites excluding steroid dienone is 2. The summed E-state index contributed by atoms with van der Waals surface area (Å²) in [6.07, 6.45) is 7.78. The predicted octanol–water partition coefficient (Wildman–Crippen LogP) is 3.88. The van der Waals surface area contributed by atoms with Crippen LogP contribution in [-0.2, 0) is 9.53 Å². The first-order valence-corrected chi connectivity index (χ1v) is 6.91. The van der Waals surface area contributed by atoms with Crippen molar-refractivity contribution in [1.82, 2.24) is 0 Å². The van der Waals surface area contributed by atoms with E-state index in [1.165, 1.54) is 31.9 Å². The molecule has 2 aliphatic rings. The van der Waals surface area contributed by atoms with Crippen LogP contribution in [0.3, 0.4) is 0 Å². The predicted molar refractivity (Wildman–Crippen MR) is 73.1 cm³/mol. The standard InChI is InChI=1S/C16H24O2/c1-11(2)12-7-9-16(3)8-5-6-13(14(16)10-12)15(17)18-4/h6,12,14H,1,5,7-10H2,2-4H3/t12-,14+,16-/m1/s1. The summed E-state index contributed by atoms with van der Waals surface area (Å²) in [6.45, 7) is 8.54. The number of carbonyl (C=O) groups is 1. The smallest absolute Gasteiger partial charge is 0.333 e. The van der Waals surface area contributed by atoms with Gasteiger partial charge in [-0.1, -0.05) is 25.2 Å². The zero-order chi connectivity index (χ0) is 13.3. The highest BCUT2D eigenvalue weighted by molar-refractivity contribution is 5.89. The van der Waals surface area contributed by atoms with E-state index in [1.54, 1.807) is 0 Å². The van der Waals surface area contributed by atoms with Gasteiger partial charge in [-0.15, -0.1) is 0 Å². The Morgan fingerprint density at radius 1 is 1.50 bits per heavy atom. The molecule has 1 saturated carbocycles. The van der Waals surface area contributed by atoms with Crippen molar-refractivity contribution in [3.05, 3.63) is 23.8 Å². The maximum Gasteiger partial charge on any atom is 0.333 e. The molecule has 0 aromatic carbocycles. The molecule has 0 aliphatic heterocycles. The van der Waals surface area contributed by atoms with E-state index in [0.717, 1.165) is 18.4 Å². The molecule has 0 radical (unpaired) electrons. The highest BCUT2D eigenvalue weighted by atomic mass is 16.5. The van der Waals surface area contributed by atoms with Crippen molar-refractivity contribution in [3.8, 4) is 0 Å². The molecule has 0 N–H and O–H groups in total. The molecular formula is C16H24O2. The van der Waals surface area contributed by atoms with Gasteiger partial charge in [-0.3, -0.25) is 0 Å². The van der Waals surface area contributed by atoms with Crippen molar-refractivity contribution in [1.29, 1.82) is 0 Å². The van der Waals surface area contributed by atoms with Gasteiger partial charge >= 0.3 is 5.97 Å². The SMILES string of the molecule is C=C(C)[C@@H]1CC[C@@]2(C)CCC=C(C(=O)OC)[C@@H]2C1. The summed E-state index contributed by atoms with van der Waals surface area (Å²) >= 11 is 0. The monoisotopic (exact) mass is 248 g/mol. The van der Waals surface area contributed by atoms with E-state index in [-0.39, 0.29) is 11.4 Å². The molecule has 3 atom stereocenters. The van der Waals surface area contributed by atoms with Gasteiger partial charge < -0.3 is 4.74 Å². The molecule has 0 aromatic heterocycles. The lowest BCUT2D eigenvalue weighted by atomic mass is 9.57. The minimum atomic E-state index is -0.131. The number of esters is 1. The second-order valence-corrected chi connectivity index (χ2v) is 6.21. The summed E-state index contributed by atoms with van der Waals surface area (Å²) in [7, 11) is 1.48. The molecule has 2 rings (SSSR count). The topological polar surface area (TPSA) is 26.3 Å². The molecule has 0 saturated heterocycles. The Hall–Kier alpha value is -1.05. The van der Waals surface area contributed by atoms with E-state index >= 15 is 0 Å². The zero-order valence-corrected chi connectivity index (χ0v) is 11.8. The van der Waals surface area contributed by atoms with Gasteiger partial charge in [-0.05, 0) is 56.3 Å². The van der Waals surface area contributed by atoms with Gasteiger partial charge in [0.2, 0.25) is 0 Å². The fourth-order valence-corrected chi connectivity index (χ4v) is 3.66. The van der Waals surface area contributed by atoms with Crippen LogP contribution in [0.4, 0.5) is 0 Å². The number of methoxy groups -OCH3 is 1. The van der Waals surface area contributed by atoms with Crippen LogP contribution < -0.4 is 0 Å². The molecule has 18 heavy (non-hydrogen) atoms. The van der Waals surface area contributed by atoms with E-state index in [1.807, 2.05) is 0 Å². The molecular weight excluding hydrogens is 224 g/mol. The molecule has 0 amide bonds. The van der Waals surface area contributed by atoms with E-state index in [0.29, 0.717) is 11.8 Å². The van der Waals surface area contributed by atoms with Crippen molar-refractivity contribution in [2.75, 3.05) is 7.11 Å². The third kappa shape index (κ3) is 2.25. The first-order chi connectivity index (χ1) is 8.48. The second-order valence-electron chi connectivity index (χ2n) is 6.21. The Bertz CT molecular complexity index is 394. The lowest BCUT2D eigenvalue weighted by Gasteiger charge is -2.47. The van der Waals surface area contributed by atoms with E-state index in [2.05, 4.69) is 26.5 Å². The largest absolute Gasteiger partial charge is 0.466 e. The highest BCUT2D eigenvalue weighted by Gasteiger charge is 2.45. The molecule has 2 heteroatoms. The van der Waals surface area contributed by atoms with Gasteiger partial charge in [0.15, 0.2) is 0 Å². The van der Waals surface area contributed by atoms with Crippen LogP contribution in [0.25, 0.3) is 0 Å². The van der Waals surface area contributed by atoms with Crippen LogP contribution in [0.5, 0.6) is 0 Å². The van der Waals surface area contributed by atoms with Crippen molar-refractivity contribution in [3.63, 3.8) is 0 Å². The summed E-state index contributed by atoms with van der Waals surface area (Å²) in [5.41, 5.74) is 2.45. The van der Waals surface area contributed by atoms with Crippen molar-refractivity contribution in [2.24, 2.45) is 17.3 Å². The Balaban J connectivity index is 2.26. The zero-order valence-electron chi connectivity index (χ0n) is 11.8. The van der Waals surface area contributed by atoms with E-state index < -0.39 is 0 Å². The Labute approximate surface area is 110 Å². The molecule has 2 nitrogen and oxygen atoms in total. The first kappa shape index (κ1) is 13.4. The summed E-state index contributed by atoms with van der Waals surface area (Å²) < 4.78 is 4.95. The number of hydrogen-bond acceptors (Lipinski definition) is 2. The Kier molecular flexibility index (Phi) is 3.65. The normalized spacial score (nSPS) is 35.4. The van der Waals surface area contributed by atoms with Gasteiger partial charge in [0.05, 0.1) is 7.11 Å². The minimum absolute atomic E-state index is 0.131. The van der Waals surface area contributed by atoms with Crippen LogP contribution in [0.15, 0.2) is 23.8 Å². The molecule has 1 fully saturated rings. The molecule has 0 spiro atoms. The number of rotatable bonds is 2. The Morgan fingerprint density at radius 3 is 2.83 bits per heavy atom. The summed E-state index contributed by atoms with van der Waals surface area (Å²) in [5, 5.41) is 0. The number of hydrogen-bond donors (Lipinski definition) is 0. The van der Waals surface area contributed by atoms with Gasteiger partial charge in [0, 0.05) is 5.57 Å². The highest BCUT2D eigenvalue weighted by Crippen LogP contribution is 2.53. The summed E-state index contributed by atoms with van der Waals surface area (Å²) in [5.74, 6) is 0.789. The first-order valence-electron chi connectivity index (χ1n) is 6.91. The number of fused-ring (bicyclic) bond motifs is 1. The Morgan fingerprint density at radius 2 is 2.22 bits per heavy atom. The lowest BCUT2D eigenvalue weighted by Crippen LogP contribution is -2.39. The fourth-order valence-electron chi connectivity index (χ4n) is 3.66. The van der Waals surface area contributed by atoms with E-state index in [4.69, 9.17) is 4.74 Å². The third-order valence-corrected chi connectivity index (χ3v) is 5.00. The number of carbonyl (C=O) groups excluding carboxylic acids is 1. The van der Waals surface area contributed by atoms with Gasteiger partial charge in [0.25, 0.3) is 0 Å². The summed E-state index contributed by atoms with van der Waals surface area (Å²) in [6, 6.07) is 0. The average molecular weight is 248 g/mol. The molecule has 0 unspecified atom stereocenters. The lowest BCUT2D eigenvalue weighted by molar-refractivity contribution is -0.138. The third-order valence-electron chi connectivity index (χ3n) is 5.00. The number of ether oxygens (including phenoxy) is 1. The quantitative estimate of drug-likeness (QED) is 0.547. The average Bonchev–Trinajstić information content (AvgIpc) is 2.35. The van der Waals surface area contributed by atoms with Crippen molar-refractivity contribution >= 4 is 5.97 Å². The molecule has 2 aliphatic carbocycles. The van der Waals surface area contributed by atoms with Crippen molar-refractivity contribution < 1.29 is 9.53 Å². The van der Waals surface area contributed by atoms with Crippen LogP contribution in [0, 0.1) is 17.3 Å². The maximum absolute atomic E-state index is 11.9.